The highest BCUT2D eigenvalue weighted by molar-refractivity contribution is 5.95. The number of hydrogen-bond acceptors (Lipinski definition) is 6. The summed E-state index contributed by atoms with van der Waals surface area (Å²) in [5.74, 6) is 0.0598. The molecule has 0 amide bonds. The molecule has 0 aromatic carbocycles. The molecule has 0 aliphatic heterocycles. The number of carbonyl (C=O) groups excluding carboxylic acids is 1. The third-order valence-electron chi connectivity index (χ3n) is 2.74. The lowest BCUT2D eigenvalue weighted by molar-refractivity contribution is 0.0602. The van der Waals surface area contributed by atoms with Crippen LogP contribution in [0.15, 0.2) is 30.5 Å². The summed E-state index contributed by atoms with van der Waals surface area (Å²) in [4.78, 5) is 20.0. The number of rotatable bonds is 4. The van der Waals surface area contributed by atoms with E-state index in [-0.39, 0.29) is 5.69 Å². The van der Waals surface area contributed by atoms with Crippen LogP contribution in [0.4, 0.5) is 11.5 Å². The number of esters is 1. The third kappa shape index (κ3) is 3.23. The maximum Gasteiger partial charge on any atom is 0.340 e. The summed E-state index contributed by atoms with van der Waals surface area (Å²) in [7, 11) is 1.31. The van der Waals surface area contributed by atoms with Crippen molar-refractivity contribution >= 4 is 17.5 Å². The maximum absolute atomic E-state index is 11.5. The molecule has 6 nitrogen and oxygen atoms in total. The van der Waals surface area contributed by atoms with E-state index in [1.165, 1.54) is 13.3 Å². The Morgan fingerprint density at radius 3 is 2.95 bits per heavy atom. The molecule has 0 aliphatic rings. The van der Waals surface area contributed by atoms with E-state index in [1.54, 1.807) is 6.07 Å². The van der Waals surface area contributed by atoms with Crippen molar-refractivity contribution in [2.45, 2.75) is 13.5 Å². The molecule has 104 valence electrons. The van der Waals surface area contributed by atoms with Gasteiger partial charge in [0.1, 0.15) is 5.82 Å². The van der Waals surface area contributed by atoms with Crippen molar-refractivity contribution in [3.8, 4) is 0 Å². The number of hydrogen-bond donors (Lipinski definition) is 2. The Kier molecular flexibility index (Phi) is 4.14. The van der Waals surface area contributed by atoms with E-state index >= 15 is 0 Å². The minimum atomic E-state index is -0.485. The lowest BCUT2D eigenvalue weighted by atomic mass is 10.2. The van der Waals surface area contributed by atoms with Gasteiger partial charge in [-0.1, -0.05) is 6.07 Å². The van der Waals surface area contributed by atoms with Crippen LogP contribution in [0.5, 0.6) is 0 Å². The van der Waals surface area contributed by atoms with Crippen molar-refractivity contribution in [1.29, 1.82) is 0 Å². The summed E-state index contributed by atoms with van der Waals surface area (Å²) in [5.41, 5.74) is 8.11. The van der Waals surface area contributed by atoms with Crippen LogP contribution < -0.4 is 11.1 Å². The highest BCUT2D eigenvalue weighted by Gasteiger charge is 2.11. The fourth-order valence-electron chi connectivity index (χ4n) is 1.73. The van der Waals surface area contributed by atoms with Gasteiger partial charge in [-0.25, -0.2) is 9.78 Å². The van der Waals surface area contributed by atoms with E-state index in [9.17, 15) is 4.79 Å². The highest BCUT2D eigenvalue weighted by atomic mass is 16.5. The van der Waals surface area contributed by atoms with Gasteiger partial charge in [0.2, 0.25) is 0 Å². The Hall–Kier alpha value is -2.63. The molecular weight excluding hydrogens is 256 g/mol. The van der Waals surface area contributed by atoms with Crippen LogP contribution in [0.2, 0.25) is 0 Å². The maximum atomic E-state index is 11.5. The predicted molar refractivity (Wildman–Crippen MR) is 76.3 cm³/mol. The van der Waals surface area contributed by atoms with Gasteiger partial charge >= 0.3 is 5.97 Å². The fraction of sp³-hybridized carbons (Fsp3) is 0.214. The van der Waals surface area contributed by atoms with E-state index < -0.39 is 5.97 Å². The van der Waals surface area contributed by atoms with Crippen LogP contribution >= 0.6 is 0 Å². The van der Waals surface area contributed by atoms with E-state index in [2.05, 4.69) is 20.0 Å². The van der Waals surface area contributed by atoms with Crippen LogP contribution in [-0.4, -0.2) is 23.0 Å². The number of nitrogens with two attached hydrogens (primary N) is 1. The number of methoxy groups -OCH3 is 1. The number of nitrogens with zero attached hydrogens (tertiary/aromatic N) is 2. The minimum absolute atomic E-state index is 0.288. The number of anilines is 2. The average molecular weight is 272 g/mol. The molecule has 2 rings (SSSR count). The van der Waals surface area contributed by atoms with Gasteiger partial charge in [-0.05, 0) is 25.1 Å². The average Bonchev–Trinajstić information content (AvgIpc) is 2.45. The summed E-state index contributed by atoms with van der Waals surface area (Å²) in [6, 6.07) is 7.35. The van der Waals surface area contributed by atoms with Crippen LogP contribution in [0.3, 0.4) is 0 Å². The van der Waals surface area contributed by atoms with E-state index in [4.69, 9.17) is 5.73 Å². The summed E-state index contributed by atoms with van der Waals surface area (Å²) >= 11 is 0. The number of aromatic nitrogens is 2. The monoisotopic (exact) mass is 272 g/mol. The van der Waals surface area contributed by atoms with Crippen LogP contribution in [0.25, 0.3) is 0 Å². The first-order chi connectivity index (χ1) is 9.60. The Morgan fingerprint density at radius 2 is 2.25 bits per heavy atom. The summed E-state index contributed by atoms with van der Waals surface area (Å²) in [6.45, 7) is 2.44. The molecule has 0 spiro atoms. The lowest BCUT2D eigenvalue weighted by Crippen LogP contribution is -2.09. The van der Waals surface area contributed by atoms with Gasteiger partial charge in [-0.15, -0.1) is 0 Å². The number of pyridine rings is 2. The van der Waals surface area contributed by atoms with Gasteiger partial charge < -0.3 is 15.8 Å². The van der Waals surface area contributed by atoms with Crippen molar-refractivity contribution in [3.63, 3.8) is 0 Å². The fourth-order valence-corrected chi connectivity index (χ4v) is 1.73. The molecule has 0 atom stereocenters. The smallest absolute Gasteiger partial charge is 0.340 e. The van der Waals surface area contributed by atoms with E-state index in [0.717, 1.165) is 11.4 Å². The Balaban J connectivity index is 2.12. The van der Waals surface area contributed by atoms with Crippen LogP contribution in [0, 0.1) is 6.92 Å². The minimum Gasteiger partial charge on any atom is -0.465 e. The normalized spacial score (nSPS) is 10.1. The molecule has 6 heteroatoms. The molecular formula is C14H16N4O2. The third-order valence-corrected chi connectivity index (χ3v) is 2.74. The molecule has 0 aliphatic carbocycles. The SMILES string of the molecule is COC(=O)c1cc(NCc2cccc(C)n2)ncc1N. The zero-order valence-electron chi connectivity index (χ0n) is 11.4. The van der Waals surface area contributed by atoms with Gasteiger partial charge in [-0.3, -0.25) is 4.98 Å². The highest BCUT2D eigenvalue weighted by Crippen LogP contribution is 2.16. The quantitative estimate of drug-likeness (QED) is 0.824. The summed E-state index contributed by atoms with van der Waals surface area (Å²) in [6.07, 6.45) is 1.43. The van der Waals surface area contributed by atoms with Crippen LogP contribution in [-0.2, 0) is 11.3 Å². The van der Waals surface area contributed by atoms with Crippen molar-refractivity contribution in [2.75, 3.05) is 18.2 Å². The first-order valence-corrected chi connectivity index (χ1v) is 6.10. The van der Waals surface area contributed by atoms with Crippen molar-refractivity contribution in [3.05, 3.63) is 47.4 Å². The molecule has 2 aromatic heterocycles. The molecule has 0 saturated carbocycles. The number of nitrogen functional groups attached to an aromatic ring is 1. The second-order valence-corrected chi connectivity index (χ2v) is 4.27. The summed E-state index contributed by atoms with van der Waals surface area (Å²) < 4.78 is 4.66. The number of nitrogens with one attached hydrogen (secondary N) is 1. The molecule has 0 unspecified atom stereocenters. The van der Waals surface area contributed by atoms with Gasteiger partial charge in [0.25, 0.3) is 0 Å². The number of carbonyl (C=O) groups is 1. The van der Waals surface area contributed by atoms with Crippen molar-refractivity contribution in [2.24, 2.45) is 0 Å². The zero-order valence-corrected chi connectivity index (χ0v) is 11.4. The second-order valence-electron chi connectivity index (χ2n) is 4.27. The number of aryl methyl sites for hydroxylation is 1. The zero-order chi connectivity index (χ0) is 14.5. The molecule has 0 saturated heterocycles. The molecule has 0 radical (unpaired) electrons. The Morgan fingerprint density at radius 1 is 1.45 bits per heavy atom. The topological polar surface area (TPSA) is 90.1 Å². The van der Waals surface area contributed by atoms with Gasteiger partial charge in [0.15, 0.2) is 0 Å². The van der Waals surface area contributed by atoms with E-state index in [1.807, 2.05) is 25.1 Å². The van der Waals surface area contributed by atoms with Gasteiger partial charge in [-0.2, -0.15) is 0 Å². The summed E-state index contributed by atoms with van der Waals surface area (Å²) in [5, 5.41) is 3.10. The Bertz CT molecular complexity index is 628. The lowest BCUT2D eigenvalue weighted by Gasteiger charge is -2.08. The number of ether oxygens (including phenoxy) is 1. The first kappa shape index (κ1) is 13.8. The predicted octanol–water partition coefficient (Wildman–Crippen LogP) is 1.77. The largest absolute Gasteiger partial charge is 0.465 e. The molecule has 20 heavy (non-hydrogen) atoms. The first-order valence-electron chi connectivity index (χ1n) is 6.10. The molecule has 3 N–H and O–H groups in total. The molecule has 0 fully saturated rings. The van der Waals surface area contributed by atoms with E-state index in [0.29, 0.717) is 17.9 Å². The molecule has 2 aromatic rings. The van der Waals surface area contributed by atoms with Crippen molar-refractivity contribution in [1.82, 2.24) is 9.97 Å². The van der Waals surface area contributed by atoms with Gasteiger partial charge in [0.05, 0.1) is 36.8 Å². The van der Waals surface area contributed by atoms with Gasteiger partial charge in [0, 0.05) is 5.69 Å². The molecule has 2 heterocycles. The standard InChI is InChI=1S/C14H16N4O2/c1-9-4-3-5-10(18-9)7-16-13-6-11(14(19)20-2)12(15)8-17-13/h3-6,8H,7,15H2,1-2H3,(H,16,17). The Labute approximate surface area is 117 Å². The van der Waals surface area contributed by atoms with Crippen molar-refractivity contribution < 1.29 is 9.53 Å². The second kappa shape index (κ2) is 6.01. The van der Waals surface area contributed by atoms with Crippen LogP contribution in [0.1, 0.15) is 21.7 Å². The molecule has 0 bridgehead atoms.